The number of hydrogen-bond acceptors (Lipinski definition) is 8. The summed E-state index contributed by atoms with van der Waals surface area (Å²) in [6.45, 7) is 11.3. The molecule has 3 heterocycles. The number of piperidine rings is 1. The molecule has 4 amide bonds. The van der Waals surface area contributed by atoms with Crippen molar-refractivity contribution in [3.05, 3.63) is 41.0 Å². The van der Waals surface area contributed by atoms with E-state index in [0.717, 1.165) is 67.0 Å². The van der Waals surface area contributed by atoms with E-state index >= 15 is 0 Å². The molecule has 0 saturated carbocycles. The lowest BCUT2D eigenvalue weighted by Crippen LogP contribution is -2.57. The quantitative estimate of drug-likeness (QED) is 0.188. The number of carbonyl (C=O) groups is 4. The van der Waals surface area contributed by atoms with Crippen LogP contribution in [0.4, 0.5) is 4.79 Å². The minimum atomic E-state index is -0.974. The van der Waals surface area contributed by atoms with Crippen LogP contribution in [0.3, 0.4) is 0 Å². The molecule has 0 unspecified atom stereocenters. The predicted octanol–water partition coefficient (Wildman–Crippen LogP) is 3.77. The van der Waals surface area contributed by atoms with Crippen molar-refractivity contribution in [3.63, 3.8) is 0 Å². The van der Waals surface area contributed by atoms with Gasteiger partial charge in [-0.3, -0.25) is 14.4 Å². The van der Waals surface area contributed by atoms with E-state index in [1.165, 1.54) is 4.90 Å². The highest BCUT2D eigenvalue weighted by molar-refractivity contribution is 7.13. The van der Waals surface area contributed by atoms with Gasteiger partial charge < -0.3 is 36.0 Å². The zero-order valence-corrected chi connectivity index (χ0v) is 29.5. The second-order valence-corrected chi connectivity index (χ2v) is 15.1. The third-order valence-electron chi connectivity index (χ3n) is 9.34. The molecule has 264 valence electrons. The smallest absolute Gasteiger partial charge is 0.404 e. The minimum absolute atomic E-state index is 0.0373. The number of benzene rings is 1. The normalized spacial score (nSPS) is 19.6. The standard InChI is InChI=1S/C35H52N6O6S/c1-23-30(48-22-38-23)26-11-9-24(10-12-26)19-36-32(44)28-18-27(42)21-41(28)33(45)31(35(2,3)4)39-29(43)8-6-5-7-15-40-16-13-25(14-17-40)20-37-34(46)47/h9-12,22,25,27-28,31,37,42H,5-8,13-21H2,1-4H3,(H,36,44)(H,39,43)(H,46,47)/t27-,28+,31-/m1/s1. The fourth-order valence-electron chi connectivity index (χ4n) is 6.46. The van der Waals surface area contributed by atoms with Gasteiger partial charge in [0.15, 0.2) is 0 Å². The maximum atomic E-state index is 13.9. The summed E-state index contributed by atoms with van der Waals surface area (Å²) in [5.41, 5.74) is 4.17. The van der Waals surface area contributed by atoms with Gasteiger partial charge in [0.2, 0.25) is 17.7 Å². The van der Waals surface area contributed by atoms with Crippen LogP contribution in [0.15, 0.2) is 29.8 Å². The average Bonchev–Trinajstić information content (AvgIpc) is 3.66. The second kappa shape index (κ2) is 17.2. The van der Waals surface area contributed by atoms with E-state index in [4.69, 9.17) is 5.11 Å². The van der Waals surface area contributed by atoms with E-state index in [1.54, 1.807) is 11.3 Å². The van der Waals surface area contributed by atoms with Crippen molar-refractivity contribution in [1.82, 2.24) is 30.7 Å². The number of aliphatic hydroxyl groups is 1. The summed E-state index contributed by atoms with van der Waals surface area (Å²) < 4.78 is 0. The summed E-state index contributed by atoms with van der Waals surface area (Å²) in [4.78, 5) is 60.1. The number of aliphatic hydroxyl groups excluding tert-OH is 1. The number of thiazole rings is 1. The van der Waals surface area contributed by atoms with Crippen molar-refractivity contribution in [2.75, 3.05) is 32.7 Å². The van der Waals surface area contributed by atoms with Crippen LogP contribution in [0.25, 0.3) is 10.4 Å². The molecule has 0 bridgehead atoms. The Balaban J connectivity index is 1.22. The Labute approximate surface area is 287 Å². The van der Waals surface area contributed by atoms with Crippen molar-refractivity contribution >= 4 is 35.2 Å². The number of hydrogen-bond donors (Lipinski definition) is 5. The monoisotopic (exact) mass is 684 g/mol. The van der Waals surface area contributed by atoms with Crippen LogP contribution in [0.1, 0.15) is 77.0 Å². The van der Waals surface area contributed by atoms with Crippen molar-refractivity contribution in [2.24, 2.45) is 11.3 Å². The number of rotatable bonds is 14. The molecule has 2 fully saturated rings. The van der Waals surface area contributed by atoms with Crippen LogP contribution in [0.2, 0.25) is 0 Å². The van der Waals surface area contributed by atoms with E-state index in [-0.39, 0.29) is 37.2 Å². The fourth-order valence-corrected chi connectivity index (χ4v) is 7.27. The third kappa shape index (κ3) is 10.7. The number of nitrogens with one attached hydrogen (secondary N) is 3. The van der Waals surface area contributed by atoms with E-state index in [1.807, 2.05) is 57.5 Å². The highest BCUT2D eigenvalue weighted by Crippen LogP contribution is 2.28. The van der Waals surface area contributed by atoms with E-state index < -0.39 is 29.7 Å². The molecular weight excluding hydrogens is 632 g/mol. The lowest BCUT2D eigenvalue weighted by Gasteiger charge is -2.35. The van der Waals surface area contributed by atoms with Gasteiger partial charge in [-0.1, -0.05) is 51.5 Å². The lowest BCUT2D eigenvalue weighted by molar-refractivity contribution is -0.144. The van der Waals surface area contributed by atoms with Crippen molar-refractivity contribution in [3.8, 4) is 10.4 Å². The Kier molecular flexibility index (Phi) is 13.4. The molecule has 0 spiro atoms. The summed E-state index contributed by atoms with van der Waals surface area (Å²) >= 11 is 1.58. The molecule has 2 aromatic rings. The number of likely N-dealkylation sites (tertiary alicyclic amines) is 2. The molecule has 13 heteroatoms. The Hall–Kier alpha value is -3.55. The van der Waals surface area contributed by atoms with Gasteiger partial charge in [-0.15, -0.1) is 11.3 Å². The topological polar surface area (TPSA) is 164 Å². The highest BCUT2D eigenvalue weighted by atomic mass is 32.1. The number of aryl methyl sites for hydroxylation is 1. The number of unbranched alkanes of at least 4 members (excludes halogenated alkanes) is 2. The molecule has 48 heavy (non-hydrogen) atoms. The first-order valence-electron chi connectivity index (χ1n) is 17.1. The van der Waals surface area contributed by atoms with Gasteiger partial charge >= 0.3 is 6.09 Å². The second-order valence-electron chi connectivity index (χ2n) is 14.2. The highest BCUT2D eigenvalue weighted by Gasteiger charge is 2.44. The van der Waals surface area contributed by atoms with Gasteiger partial charge in [0, 0.05) is 32.5 Å². The van der Waals surface area contributed by atoms with Gasteiger partial charge in [0.05, 0.1) is 22.2 Å². The fraction of sp³-hybridized carbons (Fsp3) is 0.629. The zero-order valence-electron chi connectivity index (χ0n) is 28.7. The summed E-state index contributed by atoms with van der Waals surface area (Å²) in [5, 5.41) is 27.6. The van der Waals surface area contributed by atoms with Gasteiger partial charge in [0.25, 0.3) is 0 Å². The molecule has 1 aromatic heterocycles. The van der Waals surface area contributed by atoms with Crippen LogP contribution >= 0.6 is 11.3 Å². The molecule has 1 aromatic carbocycles. The summed E-state index contributed by atoms with van der Waals surface area (Å²) in [5.74, 6) is -0.510. The number of aromatic nitrogens is 1. The van der Waals surface area contributed by atoms with Crippen LogP contribution in [0.5, 0.6) is 0 Å². The Morgan fingerprint density at radius 3 is 2.38 bits per heavy atom. The number of nitrogens with zero attached hydrogens (tertiary/aromatic N) is 3. The van der Waals surface area contributed by atoms with Crippen molar-refractivity contribution < 1.29 is 29.4 Å². The zero-order chi connectivity index (χ0) is 34.8. The summed E-state index contributed by atoms with van der Waals surface area (Å²) in [6.07, 6.45) is 3.15. The molecule has 0 radical (unpaired) electrons. The maximum Gasteiger partial charge on any atom is 0.404 e. The Morgan fingerprint density at radius 2 is 1.75 bits per heavy atom. The molecule has 4 rings (SSSR count). The SMILES string of the molecule is Cc1ncsc1-c1ccc(CNC(=O)[C@@H]2C[C@@H](O)CN2C(=O)[C@@H](NC(=O)CCCCCN2CCC(CNC(=O)O)CC2)C(C)(C)C)cc1. The molecular formula is C35H52N6O6S. The van der Waals surface area contributed by atoms with E-state index in [9.17, 15) is 24.3 Å². The molecule has 3 atom stereocenters. The van der Waals surface area contributed by atoms with Gasteiger partial charge in [0.1, 0.15) is 12.1 Å². The number of amides is 4. The molecule has 12 nitrogen and oxygen atoms in total. The van der Waals surface area contributed by atoms with Crippen molar-refractivity contribution in [2.45, 2.75) is 97.4 Å². The van der Waals surface area contributed by atoms with Gasteiger partial charge in [-0.2, -0.15) is 0 Å². The molecule has 2 saturated heterocycles. The van der Waals surface area contributed by atoms with Crippen LogP contribution in [-0.4, -0.2) is 99.7 Å². The van der Waals surface area contributed by atoms with Crippen LogP contribution in [0, 0.1) is 18.3 Å². The number of carbonyl (C=O) groups excluding carboxylic acids is 3. The lowest BCUT2D eigenvalue weighted by atomic mass is 9.85. The van der Waals surface area contributed by atoms with E-state index in [2.05, 4.69) is 25.8 Å². The maximum absolute atomic E-state index is 13.9. The first-order chi connectivity index (χ1) is 22.8. The summed E-state index contributed by atoms with van der Waals surface area (Å²) in [7, 11) is 0. The molecule has 5 N–H and O–H groups in total. The molecule has 2 aliphatic heterocycles. The van der Waals surface area contributed by atoms with Gasteiger partial charge in [-0.05, 0) is 74.7 Å². The first kappa shape index (κ1) is 37.3. The van der Waals surface area contributed by atoms with Gasteiger partial charge in [-0.25, -0.2) is 9.78 Å². The largest absolute Gasteiger partial charge is 0.465 e. The Morgan fingerprint density at radius 1 is 1.04 bits per heavy atom. The molecule has 2 aliphatic rings. The third-order valence-corrected chi connectivity index (χ3v) is 10.3. The predicted molar refractivity (Wildman–Crippen MR) is 185 cm³/mol. The van der Waals surface area contributed by atoms with Crippen molar-refractivity contribution in [1.29, 1.82) is 0 Å². The number of carboxylic acid groups (broad SMARTS) is 1. The average molecular weight is 685 g/mol. The van der Waals surface area contributed by atoms with E-state index in [0.29, 0.717) is 25.3 Å². The first-order valence-corrected chi connectivity index (χ1v) is 17.9. The van der Waals surface area contributed by atoms with Crippen LogP contribution in [-0.2, 0) is 20.9 Å². The van der Waals surface area contributed by atoms with Crippen LogP contribution < -0.4 is 16.0 Å². The Bertz CT molecular complexity index is 1380. The number of β-amino-alcohol motifs (C(OH)–C–C–N with tert-alkyl or cyclic N) is 1. The molecule has 0 aliphatic carbocycles. The summed E-state index contributed by atoms with van der Waals surface area (Å²) in [6, 6.07) is 6.25. The minimum Gasteiger partial charge on any atom is -0.465 e.